The zero-order chi connectivity index (χ0) is 30.3. The van der Waals surface area contributed by atoms with Gasteiger partial charge in [0.1, 0.15) is 12.6 Å². The summed E-state index contributed by atoms with van der Waals surface area (Å²) in [7, 11) is -4.15. The van der Waals surface area contributed by atoms with Crippen LogP contribution in [0.5, 0.6) is 0 Å². The number of anilines is 1. The third-order valence-corrected chi connectivity index (χ3v) is 9.71. The molecule has 1 N–H and O–H groups in total. The van der Waals surface area contributed by atoms with Gasteiger partial charge in [0, 0.05) is 28.2 Å². The van der Waals surface area contributed by atoms with E-state index in [4.69, 9.17) is 23.2 Å². The number of nitrogens with zero attached hydrogens (tertiary/aromatic N) is 2. The van der Waals surface area contributed by atoms with Crippen molar-refractivity contribution in [1.82, 2.24) is 10.2 Å². The van der Waals surface area contributed by atoms with Crippen molar-refractivity contribution in [3.8, 4) is 0 Å². The lowest BCUT2D eigenvalue weighted by Gasteiger charge is -2.34. The van der Waals surface area contributed by atoms with Gasteiger partial charge in [-0.15, -0.1) is 0 Å². The van der Waals surface area contributed by atoms with Crippen LogP contribution in [0.3, 0.4) is 0 Å². The zero-order valence-corrected chi connectivity index (χ0v) is 26.4. The number of carbonyl (C=O) groups is 2. The number of benzene rings is 3. The van der Waals surface area contributed by atoms with Gasteiger partial charge in [0.05, 0.1) is 10.6 Å². The van der Waals surface area contributed by atoms with Crippen LogP contribution in [-0.4, -0.2) is 43.8 Å². The van der Waals surface area contributed by atoms with E-state index in [2.05, 4.69) is 5.32 Å². The van der Waals surface area contributed by atoms with Gasteiger partial charge < -0.3 is 10.2 Å². The van der Waals surface area contributed by atoms with Crippen molar-refractivity contribution >= 4 is 50.7 Å². The lowest BCUT2D eigenvalue weighted by Crippen LogP contribution is -2.53. The molecule has 0 saturated carbocycles. The number of amides is 2. The Balaban J connectivity index is 2.13. The van der Waals surface area contributed by atoms with Crippen LogP contribution in [0, 0.1) is 13.8 Å². The summed E-state index contributed by atoms with van der Waals surface area (Å²) in [6, 6.07) is 17.3. The molecule has 0 aliphatic rings. The van der Waals surface area contributed by atoms with E-state index in [1.807, 2.05) is 33.8 Å². The first-order valence-electron chi connectivity index (χ1n) is 13.6. The summed E-state index contributed by atoms with van der Waals surface area (Å²) in [5.74, 6) is -0.893. The Morgan fingerprint density at radius 2 is 1.49 bits per heavy atom. The molecule has 2 amide bonds. The van der Waals surface area contributed by atoms with E-state index in [1.165, 1.54) is 17.0 Å². The van der Waals surface area contributed by atoms with Crippen LogP contribution in [0.25, 0.3) is 0 Å². The van der Waals surface area contributed by atoms with Gasteiger partial charge in [0.25, 0.3) is 10.0 Å². The molecule has 7 nitrogen and oxygen atoms in total. The summed E-state index contributed by atoms with van der Waals surface area (Å²) < 4.78 is 29.1. The van der Waals surface area contributed by atoms with Crippen molar-refractivity contribution in [3.63, 3.8) is 0 Å². The van der Waals surface area contributed by atoms with Crippen LogP contribution in [0.2, 0.25) is 10.0 Å². The molecule has 0 aliphatic carbocycles. The Labute approximate surface area is 253 Å². The highest BCUT2D eigenvalue weighted by molar-refractivity contribution is 7.92. The van der Waals surface area contributed by atoms with Crippen molar-refractivity contribution < 1.29 is 18.0 Å². The van der Waals surface area contributed by atoms with Gasteiger partial charge in [-0.25, -0.2) is 8.42 Å². The molecule has 3 rings (SSSR count). The molecular formula is C31H37Cl2N3O4S. The molecule has 3 aromatic rings. The first-order chi connectivity index (χ1) is 19.4. The summed E-state index contributed by atoms with van der Waals surface area (Å²) >= 11 is 13.0. The first kappa shape index (κ1) is 32.4. The third-order valence-electron chi connectivity index (χ3n) is 7.23. The van der Waals surface area contributed by atoms with Crippen LogP contribution in [0.15, 0.2) is 71.6 Å². The predicted molar refractivity (Wildman–Crippen MR) is 166 cm³/mol. The average molecular weight is 619 g/mol. The number of halogens is 2. The second kappa shape index (κ2) is 14.2. The fraction of sp³-hybridized carbons (Fsp3) is 0.355. The minimum absolute atomic E-state index is 0.0518. The van der Waals surface area contributed by atoms with Gasteiger partial charge in [0.15, 0.2) is 0 Å². The number of rotatable bonds is 12. The molecule has 220 valence electrons. The Kier molecular flexibility index (Phi) is 11.2. The molecule has 0 saturated heterocycles. The van der Waals surface area contributed by atoms with E-state index < -0.39 is 28.5 Å². The molecule has 0 aliphatic heterocycles. The number of hydrogen-bond acceptors (Lipinski definition) is 4. The second-order valence-corrected chi connectivity index (χ2v) is 12.7. The predicted octanol–water partition coefficient (Wildman–Crippen LogP) is 6.53. The van der Waals surface area contributed by atoms with E-state index in [-0.39, 0.29) is 23.4 Å². The molecule has 41 heavy (non-hydrogen) atoms. The van der Waals surface area contributed by atoms with Crippen LogP contribution < -0.4 is 9.62 Å². The summed E-state index contributed by atoms with van der Waals surface area (Å²) in [6.07, 6.45) is 1.01. The van der Waals surface area contributed by atoms with Crippen LogP contribution in [0.1, 0.15) is 50.3 Å². The zero-order valence-electron chi connectivity index (χ0n) is 24.0. The summed E-state index contributed by atoms with van der Waals surface area (Å²) in [6.45, 7) is 8.74. The molecule has 0 spiro atoms. The van der Waals surface area contributed by atoms with Crippen LogP contribution >= 0.6 is 23.2 Å². The molecule has 0 bridgehead atoms. The van der Waals surface area contributed by atoms with Gasteiger partial charge in [-0.05, 0) is 75.1 Å². The molecule has 0 aromatic heterocycles. The number of aryl methyl sites for hydroxylation is 1. The van der Waals surface area contributed by atoms with E-state index in [1.54, 1.807) is 55.5 Å². The maximum absolute atomic E-state index is 14.2. The maximum Gasteiger partial charge on any atom is 0.264 e. The standard InChI is InChI=1S/C31H37Cl2N3O4S/c1-6-22(4)34-31(38)28(7-2)35(19-25-26(32)16-12-17-27(25)33)30(37)20-36(29-18-11-13-21(3)23(29)5)41(39,40)24-14-9-8-10-15-24/h8-18,22,28H,6-7,19-20H2,1-5H3,(H,34,38)/t22-,28-/m1/s1. The average Bonchev–Trinajstić information content (AvgIpc) is 2.95. The molecule has 10 heteroatoms. The second-order valence-electron chi connectivity index (χ2n) is 10.0. The number of hydrogen-bond donors (Lipinski definition) is 1. The lowest BCUT2D eigenvalue weighted by atomic mass is 10.1. The highest BCUT2D eigenvalue weighted by Gasteiger charge is 2.35. The molecule has 0 fully saturated rings. The van der Waals surface area contributed by atoms with E-state index >= 15 is 0 Å². The van der Waals surface area contributed by atoms with Crippen molar-refractivity contribution in [2.24, 2.45) is 0 Å². The fourth-order valence-corrected chi connectivity index (χ4v) is 6.46. The highest BCUT2D eigenvalue weighted by Crippen LogP contribution is 2.31. The largest absolute Gasteiger partial charge is 0.352 e. The van der Waals surface area contributed by atoms with E-state index in [9.17, 15) is 18.0 Å². The molecule has 3 aromatic carbocycles. The molecular weight excluding hydrogens is 581 g/mol. The number of nitrogens with one attached hydrogen (secondary N) is 1. The van der Waals surface area contributed by atoms with Crippen molar-refractivity contribution in [2.45, 2.75) is 71.0 Å². The molecule has 0 heterocycles. The Morgan fingerprint density at radius 3 is 2.07 bits per heavy atom. The van der Waals surface area contributed by atoms with Crippen molar-refractivity contribution in [1.29, 1.82) is 0 Å². The van der Waals surface area contributed by atoms with Gasteiger partial charge in [-0.2, -0.15) is 0 Å². The van der Waals surface area contributed by atoms with Crippen LogP contribution in [-0.2, 0) is 26.2 Å². The summed E-state index contributed by atoms with van der Waals surface area (Å²) in [4.78, 5) is 29.1. The first-order valence-corrected chi connectivity index (χ1v) is 15.8. The SMILES string of the molecule is CC[C@@H](C)NC(=O)[C@@H](CC)N(Cc1c(Cl)cccc1Cl)C(=O)CN(c1cccc(C)c1C)S(=O)(=O)c1ccccc1. The maximum atomic E-state index is 14.2. The highest BCUT2D eigenvalue weighted by atomic mass is 35.5. The summed E-state index contributed by atoms with van der Waals surface area (Å²) in [5, 5.41) is 3.64. The molecule has 0 unspecified atom stereocenters. The monoisotopic (exact) mass is 617 g/mol. The normalized spacial score (nSPS) is 12.9. The van der Waals surface area contributed by atoms with E-state index in [0.29, 0.717) is 34.1 Å². The van der Waals surface area contributed by atoms with Gasteiger partial charge in [0.2, 0.25) is 11.8 Å². The Bertz CT molecular complexity index is 1460. The van der Waals surface area contributed by atoms with E-state index in [0.717, 1.165) is 15.4 Å². The minimum atomic E-state index is -4.15. The topological polar surface area (TPSA) is 86.8 Å². The van der Waals surface area contributed by atoms with Gasteiger partial charge in [-0.3, -0.25) is 13.9 Å². The Hall–Kier alpha value is -3.07. The van der Waals surface area contributed by atoms with Crippen molar-refractivity contribution in [2.75, 3.05) is 10.8 Å². The van der Waals surface area contributed by atoms with Crippen LogP contribution in [0.4, 0.5) is 5.69 Å². The number of carbonyl (C=O) groups excluding carboxylic acids is 2. The molecule has 0 radical (unpaired) electrons. The fourth-order valence-electron chi connectivity index (χ4n) is 4.45. The minimum Gasteiger partial charge on any atom is -0.352 e. The van der Waals surface area contributed by atoms with Gasteiger partial charge >= 0.3 is 0 Å². The summed E-state index contributed by atoms with van der Waals surface area (Å²) in [5.41, 5.74) is 2.46. The Morgan fingerprint density at radius 1 is 0.878 bits per heavy atom. The lowest BCUT2D eigenvalue weighted by molar-refractivity contribution is -0.140. The molecule has 2 atom stereocenters. The smallest absolute Gasteiger partial charge is 0.264 e. The van der Waals surface area contributed by atoms with Gasteiger partial charge in [-0.1, -0.05) is 73.4 Å². The van der Waals surface area contributed by atoms with Crippen molar-refractivity contribution in [3.05, 3.63) is 93.5 Å². The third kappa shape index (κ3) is 7.61. The number of sulfonamides is 1. The quantitative estimate of drug-likeness (QED) is 0.250.